The Labute approximate surface area is 190 Å². The van der Waals surface area contributed by atoms with Crippen molar-refractivity contribution < 1.29 is 22.3 Å². The molecule has 1 aromatic carbocycles. The molecule has 2 heterocycles. The molecule has 0 aliphatic carbocycles. The van der Waals surface area contributed by atoms with Crippen LogP contribution in [-0.2, 0) is 20.2 Å². The first kappa shape index (κ1) is 24.0. The van der Waals surface area contributed by atoms with E-state index in [0.29, 0.717) is 11.3 Å². The van der Waals surface area contributed by atoms with Crippen molar-refractivity contribution in [2.75, 3.05) is 22.9 Å². The molecule has 3 aromatic rings. The number of methoxy groups -OCH3 is 1. The maximum atomic E-state index is 14.8. The SMILES string of the molecule is CCS(=O)(=O)Nc1nccc(C(C)(C)C(=O)Nc2ccc(-c3cncc(OC)n3)cc2F)n1. The van der Waals surface area contributed by atoms with E-state index in [1.165, 1.54) is 50.8 Å². The lowest BCUT2D eigenvalue weighted by Crippen LogP contribution is -2.36. The van der Waals surface area contributed by atoms with Gasteiger partial charge in [-0.2, -0.15) is 0 Å². The average Bonchev–Trinajstić information content (AvgIpc) is 2.80. The average molecular weight is 475 g/mol. The Balaban J connectivity index is 1.81. The van der Waals surface area contributed by atoms with E-state index in [1.807, 2.05) is 0 Å². The van der Waals surface area contributed by atoms with Crippen LogP contribution in [-0.4, -0.2) is 47.1 Å². The third kappa shape index (κ3) is 5.58. The summed E-state index contributed by atoms with van der Waals surface area (Å²) >= 11 is 0. The molecular weight excluding hydrogens is 451 g/mol. The Morgan fingerprint density at radius 2 is 1.94 bits per heavy atom. The van der Waals surface area contributed by atoms with Crippen LogP contribution in [0, 0.1) is 5.82 Å². The molecule has 0 aliphatic heterocycles. The van der Waals surface area contributed by atoms with Crippen molar-refractivity contribution in [2.45, 2.75) is 26.2 Å². The Bertz CT molecular complexity index is 1280. The van der Waals surface area contributed by atoms with Crippen LogP contribution in [0.5, 0.6) is 5.88 Å². The Morgan fingerprint density at radius 1 is 1.18 bits per heavy atom. The number of carbonyl (C=O) groups is 1. The van der Waals surface area contributed by atoms with Crippen LogP contribution in [0.4, 0.5) is 16.0 Å². The van der Waals surface area contributed by atoms with E-state index in [2.05, 4.69) is 30.0 Å². The largest absolute Gasteiger partial charge is 0.480 e. The number of carbonyl (C=O) groups excluding carboxylic acids is 1. The van der Waals surface area contributed by atoms with Crippen LogP contribution < -0.4 is 14.8 Å². The van der Waals surface area contributed by atoms with Crippen molar-refractivity contribution in [3.63, 3.8) is 0 Å². The number of nitrogens with zero attached hydrogens (tertiary/aromatic N) is 4. The van der Waals surface area contributed by atoms with Gasteiger partial charge < -0.3 is 10.1 Å². The van der Waals surface area contributed by atoms with Gasteiger partial charge in [0.05, 0.1) is 47.7 Å². The van der Waals surface area contributed by atoms with Crippen LogP contribution in [0.15, 0.2) is 42.9 Å². The molecule has 1 amide bonds. The Hall–Kier alpha value is -3.67. The first-order valence-electron chi connectivity index (χ1n) is 9.87. The van der Waals surface area contributed by atoms with Gasteiger partial charge in [-0.3, -0.25) is 14.5 Å². The number of nitrogens with one attached hydrogen (secondary N) is 2. The highest BCUT2D eigenvalue weighted by molar-refractivity contribution is 7.92. The van der Waals surface area contributed by atoms with E-state index in [9.17, 15) is 17.6 Å². The molecule has 2 aromatic heterocycles. The third-order valence-corrected chi connectivity index (χ3v) is 6.08. The van der Waals surface area contributed by atoms with Gasteiger partial charge in [0, 0.05) is 11.8 Å². The monoisotopic (exact) mass is 474 g/mol. The fourth-order valence-electron chi connectivity index (χ4n) is 2.72. The quantitative estimate of drug-likeness (QED) is 0.509. The number of amides is 1. The molecule has 2 N–H and O–H groups in total. The topological polar surface area (TPSA) is 136 Å². The van der Waals surface area contributed by atoms with E-state index in [1.54, 1.807) is 19.9 Å². The summed E-state index contributed by atoms with van der Waals surface area (Å²) in [7, 11) is -2.13. The Morgan fingerprint density at radius 3 is 2.61 bits per heavy atom. The minimum absolute atomic E-state index is 0.0337. The van der Waals surface area contributed by atoms with E-state index in [0.717, 1.165) is 0 Å². The summed E-state index contributed by atoms with van der Waals surface area (Å²) in [5.74, 6) is -1.22. The third-order valence-electron chi connectivity index (χ3n) is 4.83. The van der Waals surface area contributed by atoms with Crippen LogP contribution in [0.2, 0.25) is 0 Å². The second-order valence-corrected chi connectivity index (χ2v) is 9.50. The zero-order chi connectivity index (χ0) is 24.2. The summed E-state index contributed by atoms with van der Waals surface area (Å²) in [6.07, 6.45) is 4.25. The highest BCUT2D eigenvalue weighted by Gasteiger charge is 2.32. The predicted molar refractivity (Wildman–Crippen MR) is 121 cm³/mol. The van der Waals surface area contributed by atoms with Gasteiger partial charge in [-0.15, -0.1) is 0 Å². The maximum Gasteiger partial charge on any atom is 0.236 e. The summed E-state index contributed by atoms with van der Waals surface area (Å²) in [6, 6.07) is 5.73. The van der Waals surface area contributed by atoms with Crippen molar-refractivity contribution in [2.24, 2.45) is 0 Å². The van der Waals surface area contributed by atoms with Gasteiger partial charge in [0.1, 0.15) is 5.82 Å². The molecule has 0 unspecified atom stereocenters. The number of aromatic nitrogens is 4. The predicted octanol–water partition coefficient (Wildman–Crippen LogP) is 2.76. The molecule has 0 radical (unpaired) electrons. The standard InChI is InChI=1S/C21H23FN6O4S/c1-5-33(30,31)28-20-24-9-8-17(27-20)21(2,3)19(29)26-15-7-6-13(10-14(15)22)16-11-23-12-18(25-16)32-4/h6-12H,5H2,1-4H3,(H,26,29)(H,24,27,28). The summed E-state index contributed by atoms with van der Waals surface area (Å²) in [5, 5.41) is 2.56. The summed E-state index contributed by atoms with van der Waals surface area (Å²) in [5.41, 5.74) is -0.130. The smallest absolute Gasteiger partial charge is 0.236 e. The number of hydrogen-bond acceptors (Lipinski definition) is 8. The van der Waals surface area contributed by atoms with Gasteiger partial charge in [-0.25, -0.2) is 27.8 Å². The van der Waals surface area contributed by atoms with Gasteiger partial charge >= 0.3 is 0 Å². The van der Waals surface area contributed by atoms with E-state index in [4.69, 9.17) is 4.74 Å². The lowest BCUT2D eigenvalue weighted by Gasteiger charge is -2.23. The van der Waals surface area contributed by atoms with E-state index in [-0.39, 0.29) is 29.0 Å². The molecule has 0 spiro atoms. The summed E-state index contributed by atoms with van der Waals surface area (Å²) < 4.78 is 45.6. The van der Waals surface area contributed by atoms with E-state index >= 15 is 0 Å². The fourth-order valence-corrected chi connectivity index (χ4v) is 3.24. The number of benzene rings is 1. The van der Waals surface area contributed by atoms with Gasteiger partial charge in [0.2, 0.25) is 27.8 Å². The number of sulfonamides is 1. The van der Waals surface area contributed by atoms with Gasteiger partial charge in [0.25, 0.3) is 0 Å². The minimum Gasteiger partial charge on any atom is -0.480 e. The second-order valence-electron chi connectivity index (χ2n) is 7.49. The van der Waals surface area contributed by atoms with Gasteiger partial charge in [-0.05, 0) is 39.0 Å². The first-order valence-corrected chi connectivity index (χ1v) is 11.5. The van der Waals surface area contributed by atoms with Crippen molar-refractivity contribution in [1.29, 1.82) is 0 Å². The molecule has 0 saturated heterocycles. The van der Waals surface area contributed by atoms with Gasteiger partial charge in [-0.1, -0.05) is 6.07 Å². The molecular formula is C21H23FN6O4S. The zero-order valence-electron chi connectivity index (χ0n) is 18.5. The second kappa shape index (κ2) is 9.45. The summed E-state index contributed by atoms with van der Waals surface area (Å²) in [4.78, 5) is 29.2. The van der Waals surface area contributed by atoms with Crippen molar-refractivity contribution in [3.8, 4) is 17.1 Å². The highest BCUT2D eigenvalue weighted by Crippen LogP contribution is 2.27. The number of halogens is 1. The minimum atomic E-state index is -3.58. The molecule has 0 aliphatic rings. The zero-order valence-corrected chi connectivity index (χ0v) is 19.3. The Kier molecular flexibility index (Phi) is 6.86. The molecule has 0 saturated carbocycles. The van der Waals surface area contributed by atoms with E-state index < -0.39 is 27.2 Å². The number of anilines is 2. The molecule has 12 heteroatoms. The van der Waals surface area contributed by atoms with Gasteiger partial charge in [0.15, 0.2) is 0 Å². The number of rotatable bonds is 8. The molecule has 10 nitrogen and oxygen atoms in total. The lowest BCUT2D eigenvalue weighted by atomic mass is 9.88. The molecule has 33 heavy (non-hydrogen) atoms. The van der Waals surface area contributed by atoms with Crippen molar-refractivity contribution in [1.82, 2.24) is 19.9 Å². The molecule has 0 atom stereocenters. The molecule has 3 rings (SSSR count). The van der Waals surface area contributed by atoms with Crippen LogP contribution in [0.25, 0.3) is 11.3 Å². The maximum absolute atomic E-state index is 14.8. The fraction of sp³-hybridized carbons (Fsp3) is 0.286. The highest BCUT2D eigenvalue weighted by atomic mass is 32.2. The number of hydrogen-bond donors (Lipinski definition) is 2. The molecule has 174 valence electrons. The van der Waals surface area contributed by atoms with Crippen molar-refractivity contribution in [3.05, 3.63) is 54.4 Å². The van der Waals surface area contributed by atoms with Crippen LogP contribution in [0.1, 0.15) is 26.5 Å². The molecule has 0 fully saturated rings. The van der Waals surface area contributed by atoms with Crippen LogP contribution >= 0.6 is 0 Å². The summed E-state index contributed by atoms with van der Waals surface area (Å²) in [6.45, 7) is 4.64. The normalized spacial score (nSPS) is 11.7. The lowest BCUT2D eigenvalue weighted by molar-refractivity contribution is -0.120. The van der Waals surface area contributed by atoms with Crippen molar-refractivity contribution >= 4 is 27.6 Å². The molecule has 0 bridgehead atoms. The van der Waals surface area contributed by atoms with Crippen LogP contribution in [0.3, 0.4) is 0 Å². The number of ether oxygens (including phenoxy) is 1. The first-order chi connectivity index (χ1) is 15.6.